The summed E-state index contributed by atoms with van der Waals surface area (Å²) >= 11 is 0. The van der Waals surface area contributed by atoms with Crippen molar-refractivity contribution >= 4 is 21.6 Å². The topological polar surface area (TPSA) is 75.4 Å². The van der Waals surface area contributed by atoms with E-state index in [4.69, 9.17) is 5.14 Å². The fraction of sp³-hybridized carbons (Fsp3) is 0.500. The van der Waals surface area contributed by atoms with Crippen molar-refractivity contribution in [3.63, 3.8) is 0 Å². The van der Waals surface area contributed by atoms with Crippen LogP contribution < -0.4 is 14.8 Å². The second-order valence-corrected chi connectivity index (χ2v) is 6.16. The highest BCUT2D eigenvalue weighted by Crippen LogP contribution is 2.24. The van der Waals surface area contributed by atoms with E-state index in [2.05, 4.69) is 16.5 Å². The predicted octanol–water partition coefficient (Wildman–Crippen LogP) is 1.54. The van der Waals surface area contributed by atoms with Crippen LogP contribution in [-0.2, 0) is 10.2 Å². The van der Waals surface area contributed by atoms with Gasteiger partial charge in [0.1, 0.15) is 0 Å². The SMILES string of the molecule is CC1CCN(c2ccc(NS(N)(=O)=O)cc2)CC1. The molecule has 1 aliphatic heterocycles. The smallest absolute Gasteiger partial charge is 0.296 e. The molecule has 0 radical (unpaired) electrons. The highest BCUT2D eigenvalue weighted by molar-refractivity contribution is 7.90. The molecule has 1 saturated heterocycles. The minimum absolute atomic E-state index is 0.492. The third-order valence-electron chi connectivity index (χ3n) is 3.28. The normalized spacial score (nSPS) is 17.8. The molecule has 1 aliphatic rings. The zero-order valence-corrected chi connectivity index (χ0v) is 11.3. The molecule has 1 heterocycles. The Morgan fingerprint density at radius 1 is 1.22 bits per heavy atom. The number of piperidine rings is 1. The van der Waals surface area contributed by atoms with Gasteiger partial charge in [-0.15, -0.1) is 0 Å². The fourth-order valence-corrected chi connectivity index (χ4v) is 2.64. The Morgan fingerprint density at radius 2 is 1.78 bits per heavy atom. The maximum atomic E-state index is 10.9. The summed E-state index contributed by atoms with van der Waals surface area (Å²) in [6.45, 7) is 4.39. The van der Waals surface area contributed by atoms with E-state index < -0.39 is 10.2 Å². The maximum Gasteiger partial charge on any atom is 0.296 e. The lowest BCUT2D eigenvalue weighted by atomic mass is 9.99. The van der Waals surface area contributed by atoms with Crippen LogP contribution in [0, 0.1) is 5.92 Å². The minimum Gasteiger partial charge on any atom is -0.372 e. The van der Waals surface area contributed by atoms with Gasteiger partial charge in [0, 0.05) is 24.5 Å². The Morgan fingerprint density at radius 3 is 2.28 bits per heavy atom. The lowest BCUT2D eigenvalue weighted by Crippen LogP contribution is -2.32. The molecule has 5 nitrogen and oxygen atoms in total. The van der Waals surface area contributed by atoms with Crippen molar-refractivity contribution in [2.24, 2.45) is 11.1 Å². The molecule has 0 aliphatic carbocycles. The van der Waals surface area contributed by atoms with E-state index in [1.54, 1.807) is 12.1 Å². The summed E-state index contributed by atoms with van der Waals surface area (Å²) < 4.78 is 24.0. The van der Waals surface area contributed by atoms with Gasteiger partial charge in [-0.25, -0.2) is 5.14 Å². The zero-order valence-electron chi connectivity index (χ0n) is 10.5. The molecule has 0 spiro atoms. The Labute approximate surface area is 108 Å². The Balaban J connectivity index is 2.03. The van der Waals surface area contributed by atoms with E-state index >= 15 is 0 Å². The van der Waals surface area contributed by atoms with Gasteiger partial charge in [0.15, 0.2) is 0 Å². The van der Waals surface area contributed by atoms with Crippen LogP contribution in [0.4, 0.5) is 11.4 Å². The number of nitrogens with zero attached hydrogens (tertiary/aromatic N) is 1. The number of nitrogens with one attached hydrogen (secondary N) is 1. The van der Waals surface area contributed by atoms with Crippen molar-refractivity contribution < 1.29 is 8.42 Å². The molecule has 1 aromatic carbocycles. The first-order chi connectivity index (χ1) is 8.44. The Kier molecular flexibility index (Phi) is 3.77. The second-order valence-electron chi connectivity index (χ2n) is 4.86. The first-order valence-electron chi connectivity index (χ1n) is 6.09. The van der Waals surface area contributed by atoms with Gasteiger partial charge in [-0.1, -0.05) is 6.92 Å². The first kappa shape index (κ1) is 13.2. The highest BCUT2D eigenvalue weighted by atomic mass is 32.2. The van der Waals surface area contributed by atoms with E-state index in [9.17, 15) is 8.42 Å². The average Bonchev–Trinajstić information content (AvgIpc) is 2.29. The van der Waals surface area contributed by atoms with Gasteiger partial charge in [0.05, 0.1) is 0 Å². The summed E-state index contributed by atoms with van der Waals surface area (Å²) in [6.07, 6.45) is 2.41. The number of nitrogens with two attached hydrogens (primary N) is 1. The Hall–Kier alpha value is -1.27. The van der Waals surface area contributed by atoms with E-state index in [0.29, 0.717) is 5.69 Å². The molecule has 0 bridgehead atoms. The molecule has 3 N–H and O–H groups in total. The third-order valence-corrected chi connectivity index (χ3v) is 3.80. The number of hydrogen-bond acceptors (Lipinski definition) is 3. The van der Waals surface area contributed by atoms with Crippen molar-refractivity contribution in [1.82, 2.24) is 0 Å². The minimum atomic E-state index is -3.69. The summed E-state index contributed by atoms with van der Waals surface area (Å²) in [6, 6.07) is 7.31. The molecule has 100 valence electrons. The van der Waals surface area contributed by atoms with Crippen molar-refractivity contribution in [3.8, 4) is 0 Å². The molecule has 1 aromatic rings. The second kappa shape index (κ2) is 5.16. The van der Waals surface area contributed by atoms with Crippen LogP contribution in [0.25, 0.3) is 0 Å². The number of hydrogen-bond donors (Lipinski definition) is 2. The lowest BCUT2D eigenvalue weighted by Gasteiger charge is -2.32. The Bertz CT molecular complexity index is 491. The van der Waals surface area contributed by atoms with Crippen molar-refractivity contribution in [2.45, 2.75) is 19.8 Å². The number of anilines is 2. The van der Waals surface area contributed by atoms with Gasteiger partial charge in [0.2, 0.25) is 0 Å². The largest absolute Gasteiger partial charge is 0.372 e. The third kappa shape index (κ3) is 3.61. The van der Waals surface area contributed by atoms with Crippen LogP contribution in [0.1, 0.15) is 19.8 Å². The number of benzene rings is 1. The zero-order chi connectivity index (χ0) is 13.2. The van der Waals surface area contributed by atoms with Crippen LogP contribution in [0.2, 0.25) is 0 Å². The molecule has 1 fully saturated rings. The molecule has 0 unspecified atom stereocenters. The summed E-state index contributed by atoms with van der Waals surface area (Å²) in [5.74, 6) is 0.796. The molecule has 2 rings (SSSR count). The van der Waals surface area contributed by atoms with Gasteiger partial charge in [-0.05, 0) is 43.0 Å². The summed E-state index contributed by atoms with van der Waals surface area (Å²) in [7, 11) is -3.69. The fourth-order valence-electron chi connectivity index (χ4n) is 2.17. The first-order valence-corrected chi connectivity index (χ1v) is 7.64. The van der Waals surface area contributed by atoms with Gasteiger partial charge >= 0.3 is 0 Å². The average molecular weight is 269 g/mol. The van der Waals surface area contributed by atoms with Gasteiger partial charge in [-0.2, -0.15) is 8.42 Å². The molecule has 0 amide bonds. The molecule has 0 aromatic heterocycles. The van der Waals surface area contributed by atoms with E-state index in [1.807, 2.05) is 12.1 Å². The van der Waals surface area contributed by atoms with E-state index in [0.717, 1.165) is 24.7 Å². The summed E-state index contributed by atoms with van der Waals surface area (Å²) in [5, 5.41) is 4.91. The molecule has 0 atom stereocenters. The number of rotatable bonds is 3. The molecule has 6 heteroatoms. The van der Waals surface area contributed by atoms with Crippen molar-refractivity contribution in [2.75, 3.05) is 22.7 Å². The van der Waals surface area contributed by atoms with Crippen LogP contribution in [0.5, 0.6) is 0 Å². The summed E-state index contributed by atoms with van der Waals surface area (Å²) in [4.78, 5) is 2.32. The highest BCUT2D eigenvalue weighted by Gasteiger charge is 2.15. The van der Waals surface area contributed by atoms with Gasteiger partial charge in [-0.3, -0.25) is 4.72 Å². The monoisotopic (exact) mass is 269 g/mol. The molecule has 0 saturated carbocycles. The van der Waals surface area contributed by atoms with Gasteiger partial charge < -0.3 is 4.90 Å². The van der Waals surface area contributed by atoms with E-state index in [1.165, 1.54) is 12.8 Å². The predicted molar refractivity (Wildman–Crippen MR) is 73.8 cm³/mol. The van der Waals surface area contributed by atoms with Crippen molar-refractivity contribution in [1.29, 1.82) is 0 Å². The maximum absolute atomic E-state index is 10.9. The molecule has 18 heavy (non-hydrogen) atoms. The molecular formula is C12H19N3O2S. The van der Waals surface area contributed by atoms with Crippen LogP contribution in [-0.4, -0.2) is 21.5 Å². The van der Waals surface area contributed by atoms with Crippen LogP contribution in [0.3, 0.4) is 0 Å². The lowest BCUT2D eigenvalue weighted by molar-refractivity contribution is 0.438. The van der Waals surface area contributed by atoms with Gasteiger partial charge in [0.25, 0.3) is 10.2 Å². The van der Waals surface area contributed by atoms with Crippen LogP contribution in [0.15, 0.2) is 24.3 Å². The van der Waals surface area contributed by atoms with Crippen molar-refractivity contribution in [3.05, 3.63) is 24.3 Å². The standard InChI is InChI=1S/C12H19N3O2S/c1-10-6-8-15(9-7-10)12-4-2-11(3-5-12)14-18(13,16)17/h2-5,10,14H,6-9H2,1H3,(H2,13,16,17). The molecular weight excluding hydrogens is 250 g/mol. The summed E-state index contributed by atoms with van der Waals surface area (Å²) in [5.41, 5.74) is 1.62. The van der Waals surface area contributed by atoms with E-state index in [-0.39, 0.29) is 0 Å². The quantitative estimate of drug-likeness (QED) is 0.874. The van der Waals surface area contributed by atoms with Crippen LogP contribution >= 0.6 is 0 Å².